The fourth-order valence-corrected chi connectivity index (χ4v) is 3.90. The lowest BCUT2D eigenvalue weighted by Gasteiger charge is -2.28. The number of ether oxygens (including phenoxy) is 1. The highest BCUT2D eigenvalue weighted by Crippen LogP contribution is 2.28. The van der Waals surface area contributed by atoms with Crippen molar-refractivity contribution in [3.05, 3.63) is 24.4 Å². The Morgan fingerprint density at radius 2 is 1.96 bits per heavy atom. The maximum atomic E-state index is 12.0. The molecule has 0 aliphatic heterocycles. The number of hydrogen-bond donors (Lipinski definition) is 1. The predicted molar refractivity (Wildman–Crippen MR) is 99.7 cm³/mol. The van der Waals surface area contributed by atoms with Crippen LogP contribution in [0, 0.1) is 11.8 Å². The molecule has 1 aromatic rings. The molecule has 1 rings (SSSR count). The summed E-state index contributed by atoms with van der Waals surface area (Å²) < 4.78 is 5.64. The van der Waals surface area contributed by atoms with Crippen LogP contribution in [0.5, 0.6) is 0 Å². The number of carbonyl (C=O) groups excluding carboxylic acids is 1. The molecular weight excluding hydrogens is 328 g/mol. The van der Waals surface area contributed by atoms with E-state index in [4.69, 9.17) is 4.74 Å². The number of alkyl carbamates (subject to hydrolysis) is 1. The number of rotatable bonds is 10. The van der Waals surface area contributed by atoms with Gasteiger partial charge in [-0.2, -0.15) is 0 Å². The van der Waals surface area contributed by atoms with E-state index in [0.717, 1.165) is 23.6 Å². The van der Waals surface area contributed by atoms with Crippen molar-refractivity contribution in [1.29, 1.82) is 0 Å². The van der Waals surface area contributed by atoms with Gasteiger partial charge in [-0.1, -0.05) is 57.4 Å². The second-order valence-corrected chi connectivity index (χ2v) is 8.08. The smallest absolute Gasteiger partial charge is 0.407 e. The van der Waals surface area contributed by atoms with Crippen LogP contribution < -0.4 is 5.32 Å². The van der Waals surface area contributed by atoms with Crippen molar-refractivity contribution < 1.29 is 9.53 Å². The fourth-order valence-electron chi connectivity index (χ4n) is 2.12. The molecule has 0 aliphatic rings. The van der Waals surface area contributed by atoms with E-state index >= 15 is 0 Å². The van der Waals surface area contributed by atoms with Gasteiger partial charge in [0.25, 0.3) is 0 Å². The van der Waals surface area contributed by atoms with Crippen molar-refractivity contribution in [3.8, 4) is 0 Å². The summed E-state index contributed by atoms with van der Waals surface area (Å²) in [5.74, 6) is 1.57. The molecule has 1 aromatic heterocycles. The van der Waals surface area contributed by atoms with Crippen molar-refractivity contribution in [2.75, 3.05) is 12.3 Å². The first-order chi connectivity index (χ1) is 11.1. The van der Waals surface area contributed by atoms with E-state index < -0.39 is 0 Å². The number of nitrogens with zero attached hydrogens (tertiary/aromatic N) is 1. The monoisotopic (exact) mass is 356 g/mol. The minimum Gasteiger partial charge on any atom is -0.446 e. The average molecular weight is 357 g/mol. The van der Waals surface area contributed by atoms with Crippen LogP contribution in [0.1, 0.15) is 40.5 Å². The van der Waals surface area contributed by atoms with E-state index in [2.05, 4.69) is 38.0 Å². The minimum absolute atomic E-state index is 0.0134. The highest BCUT2D eigenvalue weighted by Gasteiger charge is 2.25. The van der Waals surface area contributed by atoms with Gasteiger partial charge in [-0.05, 0) is 34.8 Å². The third-order valence-corrected chi connectivity index (χ3v) is 6.16. The maximum absolute atomic E-state index is 12.0. The zero-order valence-corrected chi connectivity index (χ0v) is 16.1. The molecule has 3 atom stereocenters. The van der Waals surface area contributed by atoms with Crippen LogP contribution in [0.25, 0.3) is 0 Å². The second kappa shape index (κ2) is 11.6. The van der Waals surface area contributed by atoms with Gasteiger partial charge in [0.2, 0.25) is 0 Å². The zero-order valence-electron chi connectivity index (χ0n) is 14.5. The molecule has 0 radical (unpaired) electrons. The summed E-state index contributed by atoms with van der Waals surface area (Å²) in [6.07, 6.45) is 3.49. The molecule has 1 amide bonds. The van der Waals surface area contributed by atoms with Gasteiger partial charge >= 0.3 is 6.09 Å². The van der Waals surface area contributed by atoms with Crippen LogP contribution in [0.15, 0.2) is 29.4 Å². The van der Waals surface area contributed by atoms with E-state index in [1.165, 1.54) is 0 Å². The van der Waals surface area contributed by atoms with Crippen molar-refractivity contribution >= 4 is 27.7 Å². The van der Waals surface area contributed by atoms with E-state index in [-0.39, 0.29) is 12.2 Å². The van der Waals surface area contributed by atoms with Gasteiger partial charge in [0.1, 0.15) is 11.1 Å². The molecule has 1 N–H and O–H groups in total. The van der Waals surface area contributed by atoms with E-state index in [1.54, 1.807) is 27.8 Å². The van der Waals surface area contributed by atoms with Crippen molar-refractivity contribution in [2.24, 2.45) is 11.8 Å². The molecular formula is C17H28N2O2S2. The summed E-state index contributed by atoms with van der Waals surface area (Å²) in [6, 6.07) is 5.84. The molecule has 0 aromatic carbocycles. The Hall–Kier alpha value is -0.880. The molecule has 23 heavy (non-hydrogen) atoms. The van der Waals surface area contributed by atoms with Crippen LogP contribution >= 0.6 is 21.6 Å². The summed E-state index contributed by atoms with van der Waals surface area (Å²) in [6.45, 7) is 9.14. The lowest BCUT2D eigenvalue weighted by Crippen LogP contribution is -2.36. The molecule has 6 heteroatoms. The molecule has 1 heterocycles. The first-order valence-corrected chi connectivity index (χ1v) is 10.5. The van der Waals surface area contributed by atoms with Crippen LogP contribution in [0.4, 0.5) is 4.79 Å². The van der Waals surface area contributed by atoms with Gasteiger partial charge in [-0.3, -0.25) is 0 Å². The van der Waals surface area contributed by atoms with Gasteiger partial charge in [0.05, 0.1) is 0 Å². The maximum Gasteiger partial charge on any atom is 0.407 e. The summed E-state index contributed by atoms with van der Waals surface area (Å²) in [5, 5.41) is 3.82. The standard InChI is InChI=1S/C17H28N2O2S2/c1-5-13(3)16(14(4)6-2)21-17(20)19-11-12-22-23-15-9-7-8-10-18-15/h7-10,13-14,16H,5-6,11-12H2,1-4H3,(H,19,20)/t13-,14?,16?/m0/s1. The zero-order chi connectivity index (χ0) is 17.1. The first kappa shape index (κ1) is 20.2. The first-order valence-electron chi connectivity index (χ1n) is 8.23. The molecule has 130 valence electrons. The summed E-state index contributed by atoms with van der Waals surface area (Å²) in [4.78, 5) is 16.2. The van der Waals surface area contributed by atoms with Gasteiger partial charge in [0.15, 0.2) is 0 Å². The lowest BCUT2D eigenvalue weighted by molar-refractivity contribution is 0.0304. The molecule has 0 saturated carbocycles. The number of aromatic nitrogens is 1. The van der Waals surface area contributed by atoms with Crippen molar-refractivity contribution in [3.63, 3.8) is 0 Å². The number of hydrogen-bond acceptors (Lipinski definition) is 5. The topological polar surface area (TPSA) is 51.2 Å². The van der Waals surface area contributed by atoms with Gasteiger partial charge in [-0.15, -0.1) is 0 Å². The highest BCUT2D eigenvalue weighted by atomic mass is 33.1. The van der Waals surface area contributed by atoms with Crippen LogP contribution in [-0.4, -0.2) is 29.5 Å². The third kappa shape index (κ3) is 7.97. The Bertz CT molecular complexity index is 435. The van der Waals surface area contributed by atoms with E-state index in [9.17, 15) is 4.79 Å². The molecule has 0 fully saturated rings. The van der Waals surface area contributed by atoms with E-state index in [0.29, 0.717) is 18.4 Å². The fraction of sp³-hybridized carbons (Fsp3) is 0.647. The Morgan fingerprint density at radius 1 is 1.26 bits per heavy atom. The van der Waals surface area contributed by atoms with Gasteiger partial charge < -0.3 is 10.1 Å². The SMILES string of the molecule is CCC(C)C(OC(=O)NCCSSc1ccccn1)[C@@H](C)CC. The third-order valence-electron chi connectivity index (χ3n) is 3.89. The molecule has 4 nitrogen and oxygen atoms in total. The molecule has 2 unspecified atom stereocenters. The van der Waals surface area contributed by atoms with Crippen LogP contribution in [0.2, 0.25) is 0 Å². The van der Waals surface area contributed by atoms with E-state index in [1.807, 2.05) is 18.2 Å². The highest BCUT2D eigenvalue weighted by molar-refractivity contribution is 8.76. The van der Waals surface area contributed by atoms with Crippen LogP contribution in [0.3, 0.4) is 0 Å². The van der Waals surface area contributed by atoms with Gasteiger partial charge in [0, 0.05) is 18.5 Å². The Balaban J connectivity index is 2.24. The Morgan fingerprint density at radius 3 is 2.52 bits per heavy atom. The molecule has 0 spiro atoms. The number of pyridine rings is 1. The van der Waals surface area contributed by atoms with Gasteiger partial charge in [-0.25, -0.2) is 9.78 Å². The Kier molecular flexibility index (Phi) is 10.2. The number of amides is 1. The summed E-state index contributed by atoms with van der Waals surface area (Å²) in [5.41, 5.74) is 0. The largest absolute Gasteiger partial charge is 0.446 e. The van der Waals surface area contributed by atoms with Crippen LogP contribution in [-0.2, 0) is 4.74 Å². The molecule has 0 bridgehead atoms. The predicted octanol–water partition coefficient (Wildman–Crippen LogP) is 5.01. The Labute approximate surface area is 148 Å². The summed E-state index contributed by atoms with van der Waals surface area (Å²) >= 11 is 0. The van der Waals surface area contributed by atoms with Crippen molar-refractivity contribution in [2.45, 2.75) is 51.7 Å². The minimum atomic E-state index is -0.306. The molecule has 0 saturated heterocycles. The number of carbonyl (C=O) groups is 1. The average Bonchev–Trinajstić information content (AvgIpc) is 2.59. The molecule has 0 aliphatic carbocycles. The number of nitrogens with one attached hydrogen (secondary N) is 1. The van der Waals surface area contributed by atoms with Crippen molar-refractivity contribution in [1.82, 2.24) is 10.3 Å². The summed E-state index contributed by atoms with van der Waals surface area (Å²) in [7, 11) is 3.29. The lowest BCUT2D eigenvalue weighted by atomic mass is 9.90. The second-order valence-electron chi connectivity index (χ2n) is 5.64. The quantitative estimate of drug-likeness (QED) is 0.472. The normalized spacial score (nSPS) is 14.8.